The topological polar surface area (TPSA) is 35.1 Å². The van der Waals surface area contributed by atoms with Gasteiger partial charge in [-0.05, 0) is 49.9 Å². The lowest BCUT2D eigenvalue weighted by Crippen LogP contribution is -2.34. The van der Waals surface area contributed by atoms with Gasteiger partial charge in [-0.1, -0.05) is 26.7 Å². The van der Waals surface area contributed by atoms with Crippen LogP contribution in [0.3, 0.4) is 0 Å². The van der Waals surface area contributed by atoms with Gasteiger partial charge in [0.25, 0.3) is 0 Å². The maximum Gasteiger partial charge on any atom is 0.244 e. The smallest absolute Gasteiger partial charge is 0.244 e. The first kappa shape index (κ1) is 17.6. The predicted molar refractivity (Wildman–Crippen MR) is 99.1 cm³/mol. The van der Waals surface area contributed by atoms with Crippen molar-refractivity contribution in [2.24, 2.45) is 0 Å². The molecule has 0 spiro atoms. The molecule has 25 heavy (non-hydrogen) atoms. The van der Waals surface area contributed by atoms with Crippen LogP contribution in [-0.4, -0.2) is 4.57 Å². The number of furan rings is 2. The molecule has 0 radical (unpaired) electrons. The largest absolute Gasteiger partial charge is 0.460 e. The number of unbranched alkanes of at least 4 members (excludes halogenated alkanes) is 4. The van der Waals surface area contributed by atoms with Crippen molar-refractivity contribution in [1.82, 2.24) is 4.57 Å². The molecule has 0 aliphatic carbocycles. The quantitative estimate of drug-likeness (QED) is 0.351. The molecule has 4 heteroatoms. The van der Waals surface area contributed by atoms with E-state index in [1.54, 1.807) is 12.5 Å². The second-order valence-corrected chi connectivity index (χ2v) is 6.57. The Bertz CT molecular complexity index is 677. The van der Waals surface area contributed by atoms with E-state index in [2.05, 4.69) is 29.3 Å². The Morgan fingerprint density at radius 2 is 1.56 bits per heavy atom. The zero-order valence-corrected chi connectivity index (χ0v) is 15.4. The fourth-order valence-electron chi connectivity index (χ4n) is 3.30. The van der Waals surface area contributed by atoms with Crippen molar-refractivity contribution in [3.8, 4) is 22.9 Å². The summed E-state index contributed by atoms with van der Waals surface area (Å²) in [6.07, 6.45) is 13.0. The van der Waals surface area contributed by atoms with Crippen molar-refractivity contribution >= 4 is 0 Å². The summed E-state index contributed by atoms with van der Waals surface area (Å²) in [6.45, 7) is 6.47. The summed E-state index contributed by atoms with van der Waals surface area (Å²) in [6, 6.07) is 7.97. The third-order valence-corrected chi connectivity index (χ3v) is 4.59. The average molecular weight is 341 g/mol. The Kier molecular flexibility index (Phi) is 6.15. The van der Waals surface area contributed by atoms with E-state index in [0.29, 0.717) is 0 Å². The predicted octanol–water partition coefficient (Wildman–Crippen LogP) is 5.68. The summed E-state index contributed by atoms with van der Waals surface area (Å²) >= 11 is 0. The molecule has 0 N–H and O–H groups in total. The lowest BCUT2D eigenvalue weighted by molar-refractivity contribution is -0.686. The molecule has 0 unspecified atom stereocenters. The maximum absolute atomic E-state index is 5.77. The number of hydrogen-bond donors (Lipinski definition) is 0. The monoisotopic (exact) mass is 341 g/mol. The van der Waals surface area contributed by atoms with Crippen LogP contribution in [0.15, 0.2) is 52.0 Å². The van der Waals surface area contributed by atoms with E-state index in [9.17, 15) is 0 Å². The van der Waals surface area contributed by atoms with E-state index in [-0.39, 0.29) is 0 Å². The molecule has 0 saturated heterocycles. The Morgan fingerprint density at radius 3 is 2.20 bits per heavy atom. The van der Waals surface area contributed by atoms with Crippen molar-refractivity contribution in [3.05, 3.63) is 43.1 Å². The van der Waals surface area contributed by atoms with E-state index in [1.165, 1.54) is 38.5 Å². The molecule has 3 rings (SSSR count). The van der Waals surface area contributed by atoms with Gasteiger partial charge in [-0.2, -0.15) is 0 Å². The van der Waals surface area contributed by atoms with E-state index < -0.39 is 0 Å². The molecule has 0 bridgehead atoms. The molecule has 3 aromatic heterocycles. The molecule has 0 amide bonds. The molecule has 0 aliphatic rings. The number of hydrogen-bond acceptors (Lipinski definition) is 2. The van der Waals surface area contributed by atoms with Gasteiger partial charge in [0.05, 0.1) is 25.6 Å². The van der Waals surface area contributed by atoms with Crippen molar-refractivity contribution in [1.29, 1.82) is 0 Å². The van der Waals surface area contributed by atoms with Gasteiger partial charge in [-0.25, -0.2) is 9.13 Å². The molecule has 4 nitrogen and oxygen atoms in total. The third kappa shape index (κ3) is 4.06. The van der Waals surface area contributed by atoms with Gasteiger partial charge in [-0.15, -0.1) is 0 Å². The highest BCUT2D eigenvalue weighted by Crippen LogP contribution is 2.31. The van der Waals surface area contributed by atoms with Crippen LogP contribution >= 0.6 is 0 Å². The van der Waals surface area contributed by atoms with E-state index >= 15 is 0 Å². The minimum Gasteiger partial charge on any atom is -0.460 e. The Balaban J connectivity index is 2.03. The molecular weight excluding hydrogens is 312 g/mol. The molecule has 0 saturated carbocycles. The van der Waals surface area contributed by atoms with Crippen LogP contribution in [0.1, 0.15) is 52.4 Å². The molecular formula is C21H29N2O2+. The fourth-order valence-corrected chi connectivity index (χ4v) is 3.30. The van der Waals surface area contributed by atoms with E-state index in [0.717, 1.165) is 36.0 Å². The fraction of sp³-hybridized carbons (Fsp3) is 0.476. The van der Waals surface area contributed by atoms with Crippen LogP contribution in [0.2, 0.25) is 0 Å². The highest BCUT2D eigenvalue weighted by atomic mass is 16.3. The second kappa shape index (κ2) is 8.75. The molecule has 0 atom stereocenters. The molecule has 0 fully saturated rings. The van der Waals surface area contributed by atoms with Crippen molar-refractivity contribution in [3.63, 3.8) is 0 Å². The van der Waals surface area contributed by atoms with Gasteiger partial charge in [0.1, 0.15) is 0 Å². The molecule has 0 aliphatic heterocycles. The van der Waals surface area contributed by atoms with E-state index in [4.69, 9.17) is 8.83 Å². The Hall–Kier alpha value is -2.23. The summed E-state index contributed by atoms with van der Waals surface area (Å²) in [5.74, 6) is 1.80. The third-order valence-electron chi connectivity index (χ3n) is 4.59. The molecule has 3 heterocycles. The Morgan fingerprint density at radius 1 is 0.880 bits per heavy atom. The van der Waals surface area contributed by atoms with Gasteiger partial charge in [-0.3, -0.25) is 0 Å². The van der Waals surface area contributed by atoms with Gasteiger partial charge in [0, 0.05) is 0 Å². The number of nitrogens with zero attached hydrogens (tertiary/aromatic N) is 2. The molecule has 0 aromatic carbocycles. The highest BCUT2D eigenvalue weighted by Gasteiger charge is 2.29. The van der Waals surface area contributed by atoms with Crippen LogP contribution in [0, 0.1) is 0 Å². The van der Waals surface area contributed by atoms with Gasteiger partial charge < -0.3 is 8.83 Å². The number of imidazole rings is 1. The first-order valence-corrected chi connectivity index (χ1v) is 9.55. The van der Waals surface area contributed by atoms with Crippen LogP contribution in [0.25, 0.3) is 22.9 Å². The van der Waals surface area contributed by atoms with Crippen LogP contribution in [-0.2, 0) is 13.1 Å². The van der Waals surface area contributed by atoms with Gasteiger partial charge >= 0.3 is 0 Å². The molecule has 3 aromatic rings. The van der Waals surface area contributed by atoms with Gasteiger partial charge in [0.15, 0.2) is 11.5 Å². The normalized spacial score (nSPS) is 11.3. The summed E-state index contributed by atoms with van der Waals surface area (Å²) in [5, 5.41) is 0. The minimum atomic E-state index is 0.900. The van der Waals surface area contributed by atoms with Crippen LogP contribution in [0.4, 0.5) is 0 Å². The van der Waals surface area contributed by atoms with Crippen molar-refractivity contribution in [2.45, 2.75) is 65.5 Å². The number of rotatable bonds is 10. The molecule has 134 valence electrons. The number of aryl methyl sites for hydroxylation is 2. The first-order chi connectivity index (χ1) is 12.3. The first-order valence-electron chi connectivity index (χ1n) is 9.55. The second-order valence-electron chi connectivity index (χ2n) is 6.57. The maximum atomic E-state index is 5.77. The zero-order valence-electron chi connectivity index (χ0n) is 15.4. The summed E-state index contributed by atoms with van der Waals surface area (Å²) in [7, 11) is 0. The summed E-state index contributed by atoms with van der Waals surface area (Å²) in [5.41, 5.74) is 2.24. The lowest BCUT2D eigenvalue weighted by atomic mass is 10.2. The van der Waals surface area contributed by atoms with Crippen molar-refractivity contribution < 1.29 is 13.4 Å². The SMILES string of the molecule is CCCCCn1c[n+](CCCCC)c(-c2ccco2)c1-c1ccco1. The highest BCUT2D eigenvalue weighted by molar-refractivity contribution is 5.70. The van der Waals surface area contributed by atoms with Crippen LogP contribution < -0.4 is 4.57 Å². The summed E-state index contributed by atoms with van der Waals surface area (Å²) < 4.78 is 16.2. The average Bonchev–Trinajstić information content (AvgIpc) is 3.35. The van der Waals surface area contributed by atoms with Crippen molar-refractivity contribution in [2.75, 3.05) is 0 Å². The minimum absolute atomic E-state index is 0.900. The Labute approximate surface area is 150 Å². The van der Waals surface area contributed by atoms with E-state index in [1.807, 2.05) is 24.3 Å². The van der Waals surface area contributed by atoms with Gasteiger partial charge in [0.2, 0.25) is 17.7 Å². The zero-order chi connectivity index (χ0) is 17.5. The summed E-state index contributed by atoms with van der Waals surface area (Å²) in [4.78, 5) is 0. The lowest BCUT2D eigenvalue weighted by Gasteiger charge is -2.02. The van der Waals surface area contributed by atoms with Crippen LogP contribution in [0.5, 0.6) is 0 Å². The number of aromatic nitrogens is 2. The standard InChI is InChI=1S/C21H29N2O2/c1-3-5-7-13-22-17-23(14-8-6-4-2)21(19-12-10-16-25-19)20(22)18-11-9-15-24-18/h9-12,15-17H,3-8,13-14H2,1-2H3/q+1.